The Hall–Kier alpha value is -1.22. The molecular formula is C14H23NO2. The lowest BCUT2D eigenvalue weighted by atomic mass is 9.82. The molecular weight excluding hydrogens is 214 g/mol. The van der Waals surface area contributed by atoms with Crippen LogP contribution in [-0.2, 0) is 0 Å². The number of rotatable bonds is 3. The molecule has 0 saturated carbocycles. The van der Waals surface area contributed by atoms with E-state index >= 15 is 0 Å². The molecule has 0 heterocycles. The van der Waals surface area contributed by atoms with Gasteiger partial charge in [0.1, 0.15) is 11.5 Å². The summed E-state index contributed by atoms with van der Waals surface area (Å²) in [4.78, 5) is 0. The quantitative estimate of drug-likeness (QED) is 0.878. The van der Waals surface area contributed by atoms with Gasteiger partial charge in [0.15, 0.2) is 0 Å². The van der Waals surface area contributed by atoms with Gasteiger partial charge in [-0.15, -0.1) is 0 Å². The molecule has 0 radical (unpaired) electrons. The first kappa shape index (κ1) is 13.8. The number of hydrogen-bond donors (Lipinski definition) is 1. The molecule has 0 spiro atoms. The van der Waals surface area contributed by atoms with Crippen LogP contribution in [0.15, 0.2) is 12.1 Å². The lowest BCUT2D eigenvalue weighted by Gasteiger charge is -2.30. The van der Waals surface area contributed by atoms with Gasteiger partial charge in [0.25, 0.3) is 0 Å². The molecule has 1 atom stereocenters. The number of benzene rings is 1. The van der Waals surface area contributed by atoms with Crippen molar-refractivity contribution < 1.29 is 9.47 Å². The summed E-state index contributed by atoms with van der Waals surface area (Å²) in [5.74, 6) is 1.59. The summed E-state index contributed by atoms with van der Waals surface area (Å²) in [6, 6.07) is 3.85. The zero-order valence-electron chi connectivity index (χ0n) is 11.6. The van der Waals surface area contributed by atoms with E-state index in [1.54, 1.807) is 14.2 Å². The Morgan fingerprint density at radius 3 is 1.76 bits per heavy atom. The molecule has 1 aromatic rings. The van der Waals surface area contributed by atoms with Crippen molar-refractivity contribution in [2.45, 2.75) is 33.7 Å². The summed E-state index contributed by atoms with van der Waals surface area (Å²) in [5, 5.41) is 0. The topological polar surface area (TPSA) is 44.5 Å². The fourth-order valence-electron chi connectivity index (χ4n) is 1.81. The summed E-state index contributed by atoms with van der Waals surface area (Å²) in [7, 11) is 3.32. The van der Waals surface area contributed by atoms with E-state index in [2.05, 4.69) is 20.8 Å². The largest absolute Gasteiger partial charge is 0.496 e. The Balaban J connectivity index is 3.38. The Morgan fingerprint density at radius 2 is 1.47 bits per heavy atom. The zero-order valence-corrected chi connectivity index (χ0v) is 11.6. The Morgan fingerprint density at radius 1 is 1.06 bits per heavy atom. The van der Waals surface area contributed by atoms with Crippen LogP contribution in [0.1, 0.15) is 37.9 Å². The molecule has 0 fully saturated rings. The van der Waals surface area contributed by atoms with Gasteiger partial charge >= 0.3 is 0 Å². The third kappa shape index (κ3) is 2.91. The van der Waals surface area contributed by atoms with E-state index in [0.717, 1.165) is 22.6 Å². The first-order valence-electron chi connectivity index (χ1n) is 5.79. The highest BCUT2D eigenvalue weighted by atomic mass is 16.5. The second-order valence-electron chi connectivity index (χ2n) is 5.43. The summed E-state index contributed by atoms with van der Waals surface area (Å²) in [5.41, 5.74) is 8.31. The molecule has 0 saturated heterocycles. The second kappa shape index (κ2) is 4.96. The zero-order chi connectivity index (χ0) is 13.2. The summed E-state index contributed by atoms with van der Waals surface area (Å²) in [6.07, 6.45) is 0. The average molecular weight is 237 g/mol. The minimum Gasteiger partial charge on any atom is -0.496 e. The molecule has 0 unspecified atom stereocenters. The van der Waals surface area contributed by atoms with E-state index in [-0.39, 0.29) is 11.5 Å². The molecule has 96 valence electrons. The van der Waals surface area contributed by atoms with Crippen LogP contribution in [0.3, 0.4) is 0 Å². The van der Waals surface area contributed by atoms with Crippen LogP contribution in [-0.4, -0.2) is 14.2 Å². The minimum absolute atomic E-state index is 0.0458. The predicted molar refractivity (Wildman–Crippen MR) is 70.7 cm³/mol. The van der Waals surface area contributed by atoms with Crippen LogP contribution in [0.4, 0.5) is 0 Å². The van der Waals surface area contributed by atoms with Crippen LogP contribution >= 0.6 is 0 Å². The smallest absolute Gasteiger partial charge is 0.127 e. The van der Waals surface area contributed by atoms with Gasteiger partial charge in [-0.05, 0) is 30.0 Å². The molecule has 0 aliphatic heterocycles. The maximum atomic E-state index is 6.31. The first-order chi connectivity index (χ1) is 7.81. The van der Waals surface area contributed by atoms with E-state index in [0.29, 0.717) is 0 Å². The van der Waals surface area contributed by atoms with Crippen molar-refractivity contribution >= 4 is 0 Å². The molecule has 0 amide bonds. The van der Waals surface area contributed by atoms with E-state index in [4.69, 9.17) is 15.2 Å². The monoisotopic (exact) mass is 237 g/mol. The van der Waals surface area contributed by atoms with Crippen LogP contribution in [0.2, 0.25) is 0 Å². The minimum atomic E-state index is -0.131. The fourth-order valence-corrected chi connectivity index (χ4v) is 1.81. The van der Waals surface area contributed by atoms with E-state index in [1.807, 2.05) is 19.1 Å². The summed E-state index contributed by atoms with van der Waals surface area (Å²) >= 11 is 0. The van der Waals surface area contributed by atoms with Crippen LogP contribution in [0.5, 0.6) is 11.5 Å². The number of hydrogen-bond acceptors (Lipinski definition) is 3. The lowest BCUT2D eigenvalue weighted by Crippen LogP contribution is -2.27. The summed E-state index contributed by atoms with van der Waals surface area (Å²) in [6.45, 7) is 8.33. The van der Waals surface area contributed by atoms with Gasteiger partial charge in [0, 0.05) is 6.04 Å². The molecule has 3 nitrogen and oxygen atoms in total. The third-order valence-corrected chi connectivity index (χ3v) is 2.93. The van der Waals surface area contributed by atoms with Crippen molar-refractivity contribution in [3.63, 3.8) is 0 Å². The van der Waals surface area contributed by atoms with Crippen molar-refractivity contribution in [3.8, 4) is 11.5 Å². The van der Waals surface area contributed by atoms with E-state index in [1.165, 1.54) is 0 Å². The maximum Gasteiger partial charge on any atom is 0.127 e. The van der Waals surface area contributed by atoms with Crippen molar-refractivity contribution in [1.29, 1.82) is 0 Å². The fraction of sp³-hybridized carbons (Fsp3) is 0.571. The van der Waals surface area contributed by atoms with Gasteiger partial charge in [-0.1, -0.05) is 20.8 Å². The highest BCUT2D eigenvalue weighted by molar-refractivity contribution is 5.50. The van der Waals surface area contributed by atoms with Crippen molar-refractivity contribution in [2.24, 2.45) is 11.1 Å². The Bertz CT molecular complexity index is 369. The molecule has 0 aliphatic rings. The number of nitrogens with two attached hydrogens (primary N) is 1. The van der Waals surface area contributed by atoms with Gasteiger partial charge in [0.2, 0.25) is 0 Å². The summed E-state index contributed by atoms with van der Waals surface area (Å²) < 4.78 is 10.8. The number of methoxy groups -OCH3 is 2. The Kier molecular flexibility index (Phi) is 4.04. The third-order valence-electron chi connectivity index (χ3n) is 2.93. The van der Waals surface area contributed by atoms with Crippen molar-refractivity contribution in [3.05, 3.63) is 23.3 Å². The maximum absolute atomic E-state index is 6.31. The van der Waals surface area contributed by atoms with E-state index < -0.39 is 0 Å². The van der Waals surface area contributed by atoms with Gasteiger partial charge < -0.3 is 15.2 Å². The van der Waals surface area contributed by atoms with Crippen LogP contribution in [0, 0.1) is 12.3 Å². The highest BCUT2D eigenvalue weighted by Gasteiger charge is 2.28. The molecule has 0 aliphatic carbocycles. The Labute approximate surface area is 104 Å². The second-order valence-corrected chi connectivity index (χ2v) is 5.43. The molecule has 17 heavy (non-hydrogen) atoms. The van der Waals surface area contributed by atoms with Crippen LogP contribution < -0.4 is 15.2 Å². The van der Waals surface area contributed by atoms with Crippen LogP contribution in [0.25, 0.3) is 0 Å². The first-order valence-corrected chi connectivity index (χ1v) is 5.79. The molecule has 1 rings (SSSR count). The molecule has 1 aromatic carbocycles. The molecule has 0 aromatic heterocycles. The predicted octanol–water partition coefficient (Wildman–Crippen LogP) is 3.06. The van der Waals surface area contributed by atoms with Gasteiger partial charge in [0.05, 0.1) is 19.8 Å². The van der Waals surface area contributed by atoms with Gasteiger partial charge in [-0.3, -0.25) is 0 Å². The van der Waals surface area contributed by atoms with Crippen molar-refractivity contribution in [2.75, 3.05) is 14.2 Å². The lowest BCUT2D eigenvalue weighted by molar-refractivity contribution is 0.300. The average Bonchev–Trinajstić information content (AvgIpc) is 2.25. The number of aryl methyl sites for hydroxylation is 1. The molecule has 3 heteroatoms. The van der Waals surface area contributed by atoms with Gasteiger partial charge in [-0.25, -0.2) is 0 Å². The highest BCUT2D eigenvalue weighted by Crippen LogP contribution is 2.41. The number of ether oxygens (including phenoxy) is 2. The standard InChI is InChI=1S/C14H23NO2/c1-9-7-10(16-5)12(11(8-9)17-6)13(15)14(2,3)4/h7-8,13H,15H2,1-6H3/t13-/m1/s1. The SMILES string of the molecule is COc1cc(C)cc(OC)c1[C@@H](N)C(C)(C)C. The normalized spacial score (nSPS) is 13.4. The van der Waals surface area contributed by atoms with E-state index in [9.17, 15) is 0 Å². The molecule has 0 bridgehead atoms. The van der Waals surface area contributed by atoms with Gasteiger partial charge in [-0.2, -0.15) is 0 Å². The molecule has 2 N–H and O–H groups in total. The van der Waals surface area contributed by atoms with Crippen molar-refractivity contribution in [1.82, 2.24) is 0 Å².